The number of hydrogen-bond donors (Lipinski definition) is 0. The highest BCUT2D eigenvalue weighted by Gasteiger charge is 2.30. The molecule has 0 aliphatic heterocycles. The summed E-state index contributed by atoms with van der Waals surface area (Å²) in [7, 11) is 0. The Labute approximate surface area is 104 Å². The Morgan fingerprint density at radius 2 is 1.94 bits per heavy atom. The fraction of sp³-hybridized carbons (Fsp3) is 0.364. The van der Waals surface area contributed by atoms with Crippen molar-refractivity contribution in [3.05, 3.63) is 29.3 Å². The van der Waals surface area contributed by atoms with Gasteiger partial charge in [-0.1, -0.05) is 6.07 Å². The Hall–Kier alpha value is -1.11. The van der Waals surface area contributed by atoms with E-state index in [-0.39, 0.29) is 22.7 Å². The molecule has 1 nitrogen and oxygen atoms in total. The molecule has 0 N–H and O–H groups in total. The summed E-state index contributed by atoms with van der Waals surface area (Å²) >= 11 is -0.407. The van der Waals surface area contributed by atoms with Gasteiger partial charge in [-0.2, -0.15) is 13.2 Å². The van der Waals surface area contributed by atoms with Gasteiger partial charge in [-0.25, -0.2) is 8.78 Å². The molecule has 18 heavy (non-hydrogen) atoms. The Balaban J connectivity index is 3.12. The summed E-state index contributed by atoms with van der Waals surface area (Å²) in [5.74, 6) is -0.384. The van der Waals surface area contributed by atoms with Crippen LogP contribution in [-0.4, -0.2) is 11.3 Å². The van der Waals surface area contributed by atoms with Crippen LogP contribution >= 0.6 is 11.8 Å². The summed E-state index contributed by atoms with van der Waals surface area (Å²) in [4.78, 5) is 10.7. The average Bonchev–Trinajstić information content (AvgIpc) is 2.17. The van der Waals surface area contributed by atoms with E-state index < -0.39 is 29.3 Å². The van der Waals surface area contributed by atoms with Crippen molar-refractivity contribution in [3.8, 4) is 0 Å². The van der Waals surface area contributed by atoms with Crippen molar-refractivity contribution in [2.24, 2.45) is 0 Å². The first-order valence-corrected chi connectivity index (χ1v) is 5.67. The molecule has 0 heterocycles. The lowest BCUT2D eigenvalue weighted by Gasteiger charge is -2.12. The first-order chi connectivity index (χ1) is 8.19. The van der Waals surface area contributed by atoms with Gasteiger partial charge in [0.2, 0.25) is 0 Å². The largest absolute Gasteiger partial charge is 0.446 e. The summed E-state index contributed by atoms with van der Waals surface area (Å²) in [6.07, 6.45) is -3.07. The van der Waals surface area contributed by atoms with E-state index in [9.17, 15) is 26.7 Å². The highest BCUT2D eigenvalue weighted by molar-refractivity contribution is 8.00. The highest BCUT2D eigenvalue weighted by atomic mass is 32.2. The highest BCUT2D eigenvalue weighted by Crippen LogP contribution is 2.39. The molecule has 1 rings (SSSR count). The van der Waals surface area contributed by atoms with Crippen molar-refractivity contribution < 1.29 is 26.7 Å². The van der Waals surface area contributed by atoms with E-state index in [0.717, 1.165) is 18.2 Å². The van der Waals surface area contributed by atoms with Crippen LogP contribution < -0.4 is 0 Å². The first-order valence-electron chi connectivity index (χ1n) is 4.85. The molecule has 1 aromatic rings. The number of thioether (sulfide) groups is 1. The normalized spacial score (nSPS) is 11.9. The minimum absolute atomic E-state index is 0.0253. The third kappa shape index (κ3) is 4.64. The number of alkyl halides is 5. The van der Waals surface area contributed by atoms with E-state index in [2.05, 4.69) is 0 Å². The molecule has 0 unspecified atom stereocenters. The molecule has 0 spiro atoms. The van der Waals surface area contributed by atoms with Crippen LogP contribution in [0.25, 0.3) is 0 Å². The van der Waals surface area contributed by atoms with Gasteiger partial charge in [-0.3, -0.25) is 4.79 Å². The molecule has 0 aliphatic carbocycles. The predicted molar refractivity (Wildman–Crippen MR) is 57.7 cm³/mol. The lowest BCUT2D eigenvalue weighted by atomic mass is 10.1. The number of hydrogen-bond acceptors (Lipinski definition) is 2. The van der Waals surface area contributed by atoms with E-state index in [0.29, 0.717) is 0 Å². The van der Waals surface area contributed by atoms with E-state index in [4.69, 9.17) is 0 Å². The van der Waals surface area contributed by atoms with Gasteiger partial charge in [-0.15, -0.1) is 0 Å². The molecule has 100 valence electrons. The van der Waals surface area contributed by atoms with Crippen LogP contribution in [0.1, 0.15) is 24.5 Å². The van der Waals surface area contributed by atoms with Crippen LogP contribution in [0.15, 0.2) is 23.1 Å². The number of ketones is 1. The van der Waals surface area contributed by atoms with Crippen molar-refractivity contribution in [2.75, 3.05) is 0 Å². The van der Waals surface area contributed by atoms with Gasteiger partial charge < -0.3 is 0 Å². The van der Waals surface area contributed by atoms with Gasteiger partial charge in [0.15, 0.2) is 0 Å². The molecule has 0 saturated carbocycles. The second-order valence-electron chi connectivity index (χ2n) is 3.59. The van der Waals surface area contributed by atoms with E-state index in [1.165, 1.54) is 6.92 Å². The Kier molecular flexibility index (Phi) is 4.72. The molecule has 0 bridgehead atoms. The number of carbonyl (C=O) groups is 1. The lowest BCUT2D eigenvalue weighted by molar-refractivity contribution is -0.116. The van der Waals surface area contributed by atoms with Crippen molar-refractivity contribution in [1.29, 1.82) is 0 Å². The van der Waals surface area contributed by atoms with Crippen molar-refractivity contribution >= 4 is 17.5 Å². The molecule has 0 saturated heterocycles. The summed E-state index contributed by atoms with van der Waals surface area (Å²) in [6.45, 7) is 1.19. The SMILES string of the molecule is CC(=O)Cc1cc(C(F)F)ccc1SC(F)(F)F. The van der Waals surface area contributed by atoms with E-state index in [1.807, 2.05) is 0 Å². The van der Waals surface area contributed by atoms with Gasteiger partial charge >= 0.3 is 5.51 Å². The maximum absolute atomic E-state index is 12.4. The van der Waals surface area contributed by atoms with Gasteiger partial charge in [0.25, 0.3) is 6.43 Å². The minimum atomic E-state index is -4.52. The predicted octanol–water partition coefficient (Wildman–Crippen LogP) is 4.37. The Morgan fingerprint density at radius 3 is 2.39 bits per heavy atom. The number of carbonyl (C=O) groups excluding carboxylic acids is 1. The average molecular weight is 284 g/mol. The molecule has 7 heteroatoms. The third-order valence-electron chi connectivity index (χ3n) is 2.00. The maximum atomic E-state index is 12.4. The fourth-order valence-corrected chi connectivity index (χ4v) is 2.01. The zero-order valence-electron chi connectivity index (χ0n) is 9.22. The van der Waals surface area contributed by atoms with E-state index >= 15 is 0 Å². The summed E-state index contributed by atoms with van der Waals surface area (Å²) in [5, 5.41) is 0. The number of benzene rings is 1. The van der Waals surface area contributed by atoms with Crippen LogP contribution in [0.4, 0.5) is 22.0 Å². The van der Waals surface area contributed by atoms with Gasteiger partial charge in [-0.05, 0) is 36.4 Å². The maximum Gasteiger partial charge on any atom is 0.446 e. The molecule has 0 aromatic heterocycles. The summed E-state index contributed by atoms with van der Waals surface area (Å²) < 4.78 is 61.6. The molecule has 0 amide bonds. The van der Waals surface area contributed by atoms with Gasteiger partial charge in [0.1, 0.15) is 5.78 Å². The smallest absolute Gasteiger partial charge is 0.300 e. The van der Waals surface area contributed by atoms with Gasteiger partial charge in [0.05, 0.1) is 0 Å². The number of Topliss-reactive ketones (excluding diaryl/α,β-unsaturated/α-hetero) is 1. The summed E-state index contributed by atoms with van der Waals surface area (Å²) in [6, 6.07) is 2.85. The van der Waals surface area contributed by atoms with Crippen LogP contribution in [-0.2, 0) is 11.2 Å². The van der Waals surface area contributed by atoms with Crippen molar-refractivity contribution in [1.82, 2.24) is 0 Å². The molecule has 0 atom stereocenters. The lowest BCUT2D eigenvalue weighted by Crippen LogP contribution is -2.04. The second-order valence-corrected chi connectivity index (χ2v) is 4.70. The topological polar surface area (TPSA) is 17.1 Å². The Morgan fingerprint density at radius 1 is 1.33 bits per heavy atom. The zero-order valence-corrected chi connectivity index (χ0v) is 10.0. The van der Waals surface area contributed by atoms with Crippen LogP contribution in [0, 0.1) is 0 Å². The quantitative estimate of drug-likeness (QED) is 0.603. The van der Waals surface area contributed by atoms with Gasteiger partial charge in [0, 0.05) is 16.9 Å². The second kappa shape index (κ2) is 5.69. The zero-order chi connectivity index (χ0) is 13.9. The molecule has 0 fully saturated rings. The van der Waals surface area contributed by atoms with Crippen LogP contribution in [0.2, 0.25) is 0 Å². The fourth-order valence-electron chi connectivity index (χ4n) is 1.37. The molecule has 0 aliphatic rings. The molecule has 1 aromatic carbocycles. The molecular weight excluding hydrogens is 275 g/mol. The number of rotatable bonds is 4. The number of halogens is 5. The third-order valence-corrected chi connectivity index (χ3v) is 2.85. The van der Waals surface area contributed by atoms with E-state index in [1.54, 1.807) is 0 Å². The summed E-state index contributed by atoms with van der Waals surface area (Å²) in [5.41, 5.74) is -4.93. The van der Waals surface area contributed by atoms with Crippen molar-refractivity contribution in [2.45, 2.75) is 30.2 Å². The van der Waals surface area contributed by atoms with Crippen LogP contribution in [0.5, 0.6) is 0 Å². The monoisotopic (exact) mass is 284 g/mol. The van der Waals surface area contributed by atoms with Crippen LogP contribution in [0.3, 0.4) is 0 Å². The first kappa shape index (κ1) is 14.9. The molecular formula is C11H9F5OS. The molecule has 0 radical (unpaired) electrons. The van der Waals surface area contributed by atoms with Crippen molar-refractivity contribution in [3.63, 3.8) is 0 Å². The standard InChI is InChI=1S/C11H9F5OS/c1-6(17)4-8-5-7(10(12)13)2-3-9(8)18-11(14,15)16/h2-3,5,10H,4H2,1H3. The minimum Gasteiger partial charge on any atom is -0.300 e. The Bertz CT molecular complexity index is 442.